The summed E-state index contributed by atoms with van der Waals surface area (Å²) in [6.45, 7) is 4.55. The minimum Gasteiger partial charge on any atom is -0.480 e. The van der Waals surface area contributed by atoms with Crippen LogP contribution in [0.3, 0.4) is 0 Å². The number of aliphatic carboxylic acids is 1. The molecule has 1 N–H and O–H groups in total. The Kier molecular flexibility index (Phi) is 4.35. The number of aryl methyl sites for hydroxylation is 2. The van der Waals surface area contributed by atoms with Crippen molar-refractivity contribution in [2.45, 2.75) is 52.0 Å². The van der Waals surface area contributed by atoms with Gasteiger partial charge in [0.25, 0.3) is 0 Å². The summed E-state index contributed by atoms with van der Waals surface area (Å²) in [5.41, 5.74) is 1.77. The number of carboxylic acid groups (broad SMARTS) is 1. The van der Waals surface area contributed by atoms with Crippen molar-refractivity contribution >= 4 is 11.9 Å². The van der Waals surface area contributed by atoms with Crippen LogP contribution in [0.2, 0.25) is 0 Å². The Morgan fingerprint density at radius 1 is 1.21 bits per heavy atom. The second kappa shape index (κ2) is 5.99. The fourth-order valence-corrected chi connectivity index (χ4v) is 2.62. The Morgan fingerprint density at radius 3 is 2.47 bits per heavy atom. The van der Waals surface area contributed by atoms with Gasteiger partial charge in [-0.05, 0) is 32.8 Å². The molecule has 0 amide bonds. The Labute approximate surface area is 113 Å². The van der Waals surface area contributed by atoms with Gasteiger partial charge in [0.05, 0.1) is 0 Å². The molecule has 0 saturated carbocycles. The van der Waals surface area contributed by atoms with Gasteiger partial charge in [0.15, 0.2) is 0 Å². The van der Waals surface area contributed by atoms with Crippen molar-refractivity contribution in [3.8, 4) is 0 Å². The third-order valence-electron chi connectivity index (χ3n) is 3.52. The lowest BCUT2D eigenvalue weighted by Gasteiger charge is -2.31. The third-order valence-corrected chi connectivity index (χ3v) is 3.52. The predicted molar refractivity (Wildman–Crippen MR) is 73.4 cm³/mol. The van der Waals surface area contributed by atoms with Gasteiger partial charge in [0, 0.05) is 17.9 Å². The van der Waals surface area contributed by atoms with Crippen LogP contribution >= 0.6 is 0 Å². The van der Waals surface area contributed by atoms with Crippen LogP contribution in [0.5, 0.6) is 0 Å². The van der Waals surface area contributed by atoms with Crippen molar-refractivity contribution < 1.29 is 9.90 Å². The molecule has 1 saturated heterocycles. The van der Waals surface area contributed by atoms with Gasteiger partial charge in [0.1, 0.15) is 6.04 Å². The van der Waals surface area contributed by atoms with E-state index in [2.05, 4.69) is 9.97 Å². The fraction of sp³-hybridized carbons (Fsp3) is 0.643. The highest BCUT2D eigenvalue weighted by atomic mass is 16.4. The zero-order chi connectivity index (χ0) is 13.8. The molecular formula is C14H21N3O2. The molecule has 2 heterocycles. The van der Waals surface area contributed by atoms with Gasteiger partial charge in [-0.15, -0.1) is 0 Å². The third kappa shape index (κ3) is 3.43. The highest BCUT2D eigenvalue weighted by Gasteiger charge is 2.28. The maximum atomic E-state index is 11.5. The van der Waals surface area contributed by atoms with Crippen molar-refractivity contribution in [3.05, 3.63) is 17.5 Å². The molecule has 1 aliphatic rings. The van der Waals surface area contributed by atoms with Crippen LogP contribution in [-0.2, 0) is 4.79 Å². The molecule has 5 nitrogen and oxygen atoms in total. The summed E-state index contributed by atoms with van der Waals surface area (Å²) in [5, 5.41) is 9.43. The van der Waals surface area contributed by atoms with E-state index in [4.69, 9.17) is 0 Å². The number of hydrogen-bond donors (Lipinski definition) is 1. The molecule has 1 aromatic heterocycles. The number of aromatic nitrogens is 2. The SMILES string of the molecule is Cc1cc(C)nc(N2CCCCCCC2C(=O)O)n1. The molecule has 0 aliphatic carbocycles. The van der Waals surface area contributed by atoms with Gasteiger partial charge in [0.2, 0.25) is 5.95 Å². The summed E-state index contributed by atoms with van der Waals surface area (Å²) in [4.78, 5) is 22.2. The van der Waals surface area contributed by atoms with Gasteiger partial charge >= 0.3 is 5.97 Å². The standard InChI is InChI=1S/C14H21N3O2/c1-10-9-11(2)16-14(15-10)17-8-6-4-3-5-7-12(17)13(18)19/h9,12H,3-8H2,1-2H3,(H,18,19). The van der Waals surface area contributed by atoms with E-state index in [-0.39, 0.29) is 0 Å². The molecule has 0 radical (unpaired) electrons. The highest BCUT2D eigenvalue weighted by molar-refractivity contribution is 5.77. The Hall–Kier alpha value is -1.65. The first-order valence-electron chi connectivity index (χ1n) is 6.89. The van der Waals surface area contributed by atoms with Crippen molar-refractivity contribution in [2.24, 2.45) is 0 Å². The zero-order valence-corrected chi connectivity index (χ0v) is 11.6. The normalized spacial score (nSPS) is 20.7. The molecule has 0 bridgehead atoms. The second-order valence-electron chi connectivity index (χ2n) is 5.20. The average molecular weight is 263 g/mol. The molecule has 19 heavy (non-hydrogen) atoms. The molecule has 1 atom stereocenters. The molecule has 2 rings (SSSR count). The lowest BCUT2D eigenvalue weighted by Crippen LogP contribution is -2.43. The zero-order valence-electron chi connectivity index (χ0n) is 11.6. The van der Waals surface area contributed by atoms with Crippen molar-refractivity contribution in [2.75, 3.05) is 11.4 Å². The van der Waals surface area contributed by atoms with Crippen LogP contribution in [0.4, 0.5) is 5.95 Å². The number of hydrogen-bond acceptors (Lipinski definition) is 4. The topological polar surface area (TPSA) is 66.3 Å². The number of rotatable bonds is 2. The molecule has 5 heteroatoms. The largest absolute Gasteiger partial charge is 0.480 e. The molecule has 0 spiro atoms. The summed E-state index contributed by atoms with van der Waals surface area (Å²) < 4.78 is 0. The van der Waals surface area contributed by atoms with E-state index < -0.39 is 12.0 Å². The summed E-state index contributed by atoms with van der Waals surface area (Å²) in [7, 11) is 0. The molecule has 104 valence electrons. The number of anilines is 1. The van der Waals surface area contributed by atoms with Crippen LogP contribution in [0.15, 0.2) is 6.07 Å². The smallest absolute Gasteiger partial charge is 0.326 e. The molecule has 1 unspecified atom stereocenters. The summed E-state index contributed by atoms with van der Waals surface area (Å²) in [5.74, 6) is -0.212. The first-order chi connectivity index (χ1) is 9.08. The monoisotopic (exact) mass is 263 g/mol. The lowest BCUT2D eigenvalue weighted by atomic mass is 10.0. The van der Waals surface area contributed by atoms with Gasteiger partial charge in [-0.25, -0.2) is 14.8 Å². The van der Waals surface area contributed by atoms with Crippen molar-refractivity contribution in [1.29, 1.82) is 0 Å². The predicted octanol–water partition coefficient (Wildman–Crippen LogP) is 2.32. The molecule has 1 aliphatic heterocycles. The quantitative estimate of drug-likeness (QED) is 0.887. The molecule has 1 fully saturated rings. The fourth-order valence-electron chi connectivity index (χ4n) is 2.62. The van der Waals surface area contributed by atoms with E-state index in [0.717, 1.165) is 43.6 Å². The summed E-state index contributed by atoms with van der Waals surface area (Å²) in [6, 6.07) is 1.41. The van der Waals surface area contributed by atoms with E-state index in [0.29, 0.717) is 12.4 Å². The number of carbonyl (C=O) groups is 1. The lowest BCUT2D eigenvalue weighted by molar-refractivity contribution is -0.138. The average Bonchev–Trinajstić information content (AvgIpc) is 2.26. The number of nitrogens with zero attached hydrogens (tertiary/aromatic N) is 3. The van der Waals surface area contributed by atoms with E-state index in [9.17, 15) is 9.90 Å². The van der Waals surface area contributed by atoms with Crippen molar-refractivity contribution in [3.63, 3.8) is 0 Å². The van der Waals surface area contributed by atoms with Crippen LogP contribution in [0.25, 0.3) is 0 Å². The maximum Gasteiger partial charge on any atom is 0.326 e. The van der Waals surface area contributed by atoms with E-state index in [1.54, 1.807) is 0 Å². The molecular weight excluding hydrogens is 242 g/mol. The first-order valence-corrected chi connectivity index (χ1v) is 6.89. The van der Waals surface area contributed by atoms with Gasteiger partial charge in [-0.1, -0.05) is 19.3 Å². The van der Waals surface area contributed by atoms with Crippen LogP contribution in [0.1, 0.15) is 43.5 Å². The van der Waals surface area contributed by atoms with Crippen LogP contribution < -0.4 is 4.90 Å². The minimum atomic E-state index is -0.773. The number of carboxylic acids is 1. The van der Waals surface area contributed by atoms with Gasteiger partial charge in [-0.3, -0.25) is 0 Å². The minimum absolute atomic E-state index is 0.499. The highest BCUT2D eigenvalue weighted by Crippen LogP contribution is 2.21. The van der Waals surface area contributed by atoms with Gasteiger partial charge < -0.3 is 10.0 Å². The van der Waals surface area contributed by atoms with Crippen molar-refractivity contribution in [1.82, 2.24) is 9.97 Å². The summed E-state index contributed by atoms with van der Waals surface area (Å²) in [6.07, 6.45) is 4.89. The Morgan fingerprint density at radius 2 is 1.84 bits per heavy atom. The first kappa shape index (κ1) is 13.8. The summed E-state index contributed by atoms with van der Waals surface area (Å²) >= 11 is 0. The van der Waals surface area contributed by atoms with E-state index >= 15 is 0 Å². The molecule has 0 aromatic carbocycles. The van der Waals surface area contributed by atoms with E-state index in [1.807, 2.05) is 24.8 Å². The molecule has 1 aromatic rings. The second-order valence-corrected chi connectivity index (χ2v) is 5.20. The van der Waals surface area contributed by atoms with Crippen LogP contribution in [0, 0.1) is 13.8 Å². The van der Waals surface area contributed by atoms with Gasteiger partial charge in [-0.2, -0.15) is 0 Å². The van der Waals surface area contributed by atoms with Crippen LogP contribution in [-0.4, -0.2) is 33.6 Å². The van der Waals surface area contributed by atoms with E-state index in [1.165, 1.54) is 0 Å². The Balaban J connectivity index is 2.32. The maximum absolute atomic E-state index is 11.5. The Bertz CT molecular complexity index is 442.